The van der Waals surface area contributed by atoms with Crippen LogP contribution in [-0.4, -0.2) is 0 Å². The highest BCUT2D eigenvalue weighted by Crippen LogP contribution is 2.43. The van der Waals surface area contributed by atoms with Crippen LogP contribution in [-0.2, 0) is 0 Å². The van der Waals surface area contributed by atoms with Crippen molar-refractivity contribution in [1.29, 1.82) is 0 Å². The number of fused-ring (bicyclic) bond motifs is 9. The molecule has 11 rings (SSSR count). The van der Waals surface area contributed by atoms with Crippen molar-refractivity contribution in [2.45, 2.75) is 0 Å². The molecule has 0 bridgehead atoms. The molecule has 10 aromatic carbocycles. The molecule has 0 aliphatic heterocycles. The Morgan fingerprint density at radius 1 is 0.278 bits per heavy atom. The summed E-state index contributed by atoms with van der Waals surface area (Å²) in [5.74, 6) is 0. The van der Waals surface area contributed by atoms with Crippen LogP contribution in [0.15, 0.2) is 200 Å². The van der Waals surface area contributed by atoms with E-state index in [0.29, 0.717) is 0 Å². The summed E-state index contributed by atoms with van der Waals surface area (Å²) in [6, 6.07) is 73.6. The van der Waals surface area contributed by atoms with Crippen LogP contribution in [0, 0.1) is 0 Å². The van der Waals surface area contributed by atoms with Gasteiger partial charge in [0.25, 0.3) is 0 Å². The van der Waals surface area contributed by atoms with Gasteiger partial charge in [-0.15, -0.1) is 11.3 Å². The fourth-order valence-electron chi connectivity index (χ4n) is 8.39. The molecular formula is C52H33NS. The molecule has 0 radical (unpaired) electrons. The van der Waals surface area contributed by atoms with Gasteiger partial charge >= 0.3 is 0 Å². The minimum Gasteiger partial charge on any atom is -0.310 e. The molecule has 0 aliphatic rings. The normalized spacial score (nSPS) is 11.7. The fourth-order valence-corrected chi connectivity index (χ4v) is 9.53. The molecule has 54 heavy (non-hydrogen) atoms. The van der Waals surface area contributed by atoms with Crippen LogP contribution < -0.4 is 4.90 Å². The average molecular weight is 704 g/mol. The molecule has 0 unspecified atom stereocenters. The summed E-state index contributed by atoms with van der Waals surface area (Å²) in [5.41, 5.74) is 8.23. The highest BCUT2D eigenvalue weighted by atomic mass is 32.1. The van der Waals surface area contributed by atoms with Crippen molar-refractivity contribution in [3.8, 4) is 22.3 Å². The molecule has 1 aromatic heterocycles. The molecule has 0 saturated heterocycles. The number of benzene rings is 10. The van der Waals surface area contributed by atoms with Crippen molar-refractivity contribution in [3.05, 3.63) is 200 Å². The third-order valence-electron chi connectivity index (χ3n) is 11.0. The molecule has 252 valence electrons. The molecule has 1 heterocycles. The Balaban J connectivity index is 1.07. The zero-order valence-corrected chi connectivity index (χ0v) is 30.2. The first-order valence-corrected chi connectivity index (χ1v) is 19.3. The smallest absolute Gasteiger partial charge is 0.0476 e. The second-order valence-corrected chi connectivity index (χ2v) is 15.2. The number of rotatable bonds is 5. The Morgan fingerprint density at radius 2 is 0.870 bits per heavy atom. The van der Waals surface area contributed by atoms with E-state index in [1.54, 1.807) is 0 Å². The van der Waals surface area contributed by atoms with Crippen LogP contribution in [0.1, 0.15) is 0 Å². The van der Waals surface area contributed by atoms with Gasteiger partial charge in [0.05, 0.1) is 0 Å². The number of nitrogens with zero attached hydrogens (tertiary/aromatic N) is 1. The molecule has 0 fully saturated rings. The number of thiophene rings is 1. The largest absolute Gasteiger partial charge is 0.310 e. The van der Waals surface area contributed by atoms with Crippen molar-refractivity contribution < 1.29 is 0 Å². The lowest BCUT2D eigenvalue weighted by Gasteiger charge is -2.26. The van der Waals surface area contributed by atoms with Gasteiger partial charge in [0.1, 0.15) is 0 Å². The fraction of sp³-hybridized carbons (Fsp3) is 0. The minimum atomic E-state index is 1.12. The first-order valence-electron chi connectivity index (χ1n) is 18.5. The van der Waals surface area contributed by atoms with E-state index in [1.807, 2.05) is 11.3 Å². The van der Waals surface area contributed by atoms with Crippen LogP contribution in [0.25, 0.3) is 85.5 Å². The molecule has 0 aliphatic carbocycles. The Kier molecular flexibility index (Phi) is 7.11. The molecule has 2 heteroatoms. The maximum Gasteiger partial charge on any atom is 0.0476 e. The highest BCUT2D eigenvalue weighted by Gasteiger charge is 2.17. The molecule has 0 N–H and O–H groups in total. The quantitative estimate of drug-likeness (QED) is 0.161. The zero-order valence-electron chi connectivity index (χ0n) is 29.4. The van der Waals surface area contributed by atoms with E-state index in [2.05, 4.69) is 205 Å². The van der Waals surface area contributed by atoms with Crippen molar-refractivity contribution in [2.24, 2.45) is 0 Å². The van der Waals surface area contributed by atoms with Gasteiger partial charge in [0, 0.05) is 37.2 Å². The second kappa shape index (κ2) is 12.4. The van der Waals surface area contributed by atoms with Crippen LogP contribution in [0.5, 0.6) is 0 Å². The Hall–Kier alpha value is -6.74. The van der Waals surface area contributed by atoms with E-state index in [1.165, 1.54) is 85.5 Å². The molecule has 0 amide bonds. The third-order valence-corrected chi connectivity index (χ3v) is 12.1. The van der Waals surface area contributed by atoms with Gasteiger partial charge in [0.15, 0.2) is 0 Å². The average Bonchev–Trinajstić information content (AvgIpc) is 3.62. The Labute approximate surface area is 317 Å². The highest BCUT2D eigenvalue weighted by molar-refractivity contribution is 7.25. The monoisotopic (exact) mass is 703 g/mol. The summed E-state index contributed by atoms with van der Waals surface area (Å²) in [6.45, 7) is 0. The van der Waals surface area contributed by atoms with Gasteiger partial charge in [0.2, 0.25) is 0 Å². The predicted molar refractivity (Wildman–Crippen MR) is 235 cm³/mol. The summed E-state index contributed by atoms with van der Waals surface area (Å²) in [7, 11) is 0. The topological polar surface area (TPSA) is 3.24 Å². The number of anilines is 3. The van der Waals surface area contributed by atoms with Crippen LogP contribution in [0.3, 0.4) is 0 Å². The Bertz CT molecular complexity index is 3230. The van der Waals surface area contributed by atoms with Gasteiger partial charge in [-0.2, -0.15) is 0 Å². The standard InChI is InChI=1S/C52H33NS/c1-3-14-43-35(10-1)20-21-36-22-23-37(31-49(36)43)34-24-26-40(27-25-34)53(42-28-29-48-47-18-7-8-19-51(47)54-52(48)33-42)41-13-9-12-38(30-41)50-32-39-11-2-4-15-44(39)45-16-5-6-17-46(45)50/h1-33H. The van der Waals surface area contributed by atoms with Gasteiger partial charge in [-0.25, -0.2) is 0 Å². The van der Waals surface area contributed by atoms with Crippen molar-refractivity contribution in [2.75, 3.05) is 4.90 Å². The Morgan fingerprint density at radius 3 is 1.70 bits per heavy atom. The lowest BCUT2D eigenvalue weighted by atomic mass is 9.93. The predicted octanol–water partition coefficient (Wildman–Crippen LogP) is 15.5. The van der Waals surface area contributed by atoms with E-state index in [4.69, 9.17) is 0 Å². The molecule has 1 nitrogen and oxygen atoms in total. The van der Waals surface area contributed by atoms with Crippen molar-refractivity contribution in [3.63, 3.8) is 0 Å². The molecular weight excluding hydrogens is 671 g/mol. The summed E-state index contributed by atoms with van der Waals surface area (Å²) < 4.78 is 2.60. The second-order valence-electron chi connectivity index (χ2n) is 14.1. The summed E-state index contributed by atoms with van der Waals surface area (Å²) >= 11 is 1.86. The van der Waals surface area contributed by atoms with Gasteiger partial charge in [-0.1, -0.05) is 146 Å². The summed E-state index contributed by atoms with van der Waals surface area (Å²) in [6.07, 6.45) is 0. The van der Waals surface area contributed by atoms with Crippen LogP contribution in [0.2, 0.25) is 0 Å². The lowest BCUT2D eigenvalue weighted by Crippen LogP contribution is -2.10. The first kappa shape index (κ1) is 30.8. The molecule has 0 atom stereocenters. The number of hydrogen-bond donors (Lipinski definition) is 0. The van der Waals surface area contributed by atoms with E-state index in [0.717, 1.165) is 17.1 Å². The maximum absolute atomic E-state index is 2.41. The third kappa shape index (κ3) is 5.07. The van der Waals surface area contributed by atoms with Crippen molar-refractivity contribution in [1.82, 2.24) is 0 Å². The number of hydrogen-bond acceptors (Lipinski definition) is 2. The maximum atomic E-state index is 2.41. The van der Waals surface area contributed by atoms with E-state index in [9.17, 15) is 0 Å². The van der Waals surface area contributed by atoms with Crippen LogP contribution in [0.4, 0.5) is 17.1 Å². The van der Waals surface area contributed by atoms with Crippen molar-refractivity contribution >= 4 is 91.7 Å². The first-order chi connectivity index (χ1) is 26.7. The van der Waals surface area contributed by atoms with E-state index < -0.39 is 0 Å². The SMILES string of the molecule is c1cc(-c2cc3ccccc3c3ccccc23)cc(N(c2ccc(-c3ccc4ccc5ccccc5c4c3)cc2)c2ccc3c(c2)sc2ccccc23)c1. The lowest BCUT2D eigenvalue weighted by molar-refractivity contribution is 1.29. The molecule has 0 spiro atoms. The van der Waals surface area contributed by atoms with Gasteiger partial charge in [-0.05, 0) is 120 Å². The molecule has 11 aromatic rings. The zero-order chi connectivity index (χ0) is 35.6. The van der Waals surface area contributed by atoms with E-state index >= 15 is 0 Å². The van der Waals surface area contributed by atoms with Crippen LogP contribution >= 0.6 is 11.3 Å². The summed E-state index contributed by atoms with van der Waals surface area (Å²) in [4.78, 5) is 2.41. The van der Waals surface area contributed by atoms with Gasteiger partial charge in [-0.3, -0.25) is 0 Å². The van der Waals surface area contributed by atoms with E-state index in [-0.39, 0.29) is 0 Å². The summed E-state index contributed by atoms with van der Waals surface area (Å²) in [5, 5.41) is 12.8. The minimum absolute atomic E-state index is 1.12. The molecule has 0 saturated carbocycles. The van der Waals surface area contributed by atoms with Gasteiger partial charge < -0.3 is 4.90 Å².